The van der Waals surface area contributed by atoms with Gasteiger partial charge in [0.25, 0.3) is 0 Å². The predicted octanol–water partition coefficient (Wildman–Crippen LogP) is 3.46. The summed E-state index contributed by atoms with van der Waals surface area (Å²) in [5.74, 6) is -0.351. The SMILES string of the molecule is CC1CCCCCN1Cc1cccc(C#N)c1F. The molecule has 1 heterocycles. The van der Waals surface area contributed by atoms with Gasteiger partial charge in [-0.2, -0.15) is 5.26 Å². The second-order valence-corrected chi connectivity index (χ2v) is 5.06. The van der Waals surface area contributed by atoms with Gasteiger partial charge in [-0.15, -0.1) is 0 Å². The van der Waals surface area contributed by atoms with E-state index in [1.807, 2.05) is 6.07 Å². The maximum Gasteiger partial charge on any atom is 0.145 e. The molecule has 0 saturated carbocycles. The molecule has 0 N–H and O–H groups in total. The summed E-state index contributed by atoms with van der Waals surface area (Å²) < 4.78 is 14.0. The number of hydrogen-bond acceptors (Lipinski definition) is 2. The van der Waals surface area contributed by atoms with Gasteiger partial charge in [0.1, 0.15) is 11.9 Å². The minimum Gasteiger partial charge on any atom is -0.296 e. The Balaban J connectivity index is 2.15. The van der Waals surface area contributed by atoms with E-state index in [4.69, 9.17) is 5.26 Å². The smallest absolute Gasteiger partial charge is 0.145 e. The molecule has 0 bridgehead atoms. The van der Waals surface area contributed by atoms with Crippen molar-refractivity contribution < 1.29 is 4.39 Å². The van der Waals surface area contributed by atoms with Crippen molar-refractivity contribution in [2.24, 2.45) is 0 Å². The van der Waals surface area contributed by atoms with Crippen LogP contribution in [-0.2, 0) is 6.54 Å². The number of rotatable bonds is 2. The number of nitriles is 1. The van der Waals surface area contributed by atoms with Crippen molar-refractivity contribution in [2.75, 3.05) is 6.54 Å². The molecule has 1 saturated heterocycles. The first kappa shape index (κ1) is 13.0. The Morgan fingerprint density at radius 1 is 1.39 bits per heavy atom. The largest absolute Gasteiger partial charge is 0.296 e. The van der Waals surface area contributed by atoms with Gasteiger partial charge in [0.2, 0.25) is 0 Å². The topological polar surface area (TPSA) is 27.0 Å². The summed E-state index contributed by atoms with van der Waals surface area (Å²) in [6.45, 7) is 3.84. The monoisotopic (exact) mass is 246 g/mol. The molecule has 1 aliphatic rings. The lowest BCUT2D eigenvalue weighted by Gasteiger charge is -2.27. The van der Waals surface area contributed by atoms with Crippen molar-refractivity contribution in [1.29, 1.82) is 5.26 Å². The van der Waals surface area contributed by atoms with Gasteiger partial charge in [-0.3, -0.25) is 4.90 Å². The van der Waals surface area contributed by atoms with E-state index in [2.05, 4.69) is 11.8 Å². The van der Waals surface area contributed by atoms with Crippen LogP contribution in [0, 0.1) is 17.1 Å². The molecule has 2 nitrogen and oxygen atoms in total. The lowest BCUT2D eigenvalue weighted by Crippen LogP contribution is -2.32. The average molecular weight is 246 g/mol. The zero-order chi connectivity index (χ0) is 13.0. The van der Waals surface area contributed by atoms with Gasteiger partial charge in [-0.1, -0.05) is 25.0 Å². The minimum absolute atomic E-state index is 0.148. The van der Waals surface area contributed by atoms with Crippen LogP contribution in [0.3, 0.4) is 0 Å². The lowest BCUT2D eigenvalue weighted by molar-refractivity contribution is 0.202. The van der Waals surface area contributed by atoms with Crippen LogP contribution in [0.2, 0.25) is 0 Å². The molecular weight excluding hydrogens is 227 g/mol. The maximum atomic E-state index is 14.0. The summed E-state index contributed by atoms with van der Waals surface area (Å²) in [7, 11) is 0. The van der Waals surface area contributed by atoms with Crippen molar-refractivity contribution in [3.05, 3.63) is 35.1 Å². The Kier molecular flexibility index (Phi) is 4.33. The van der Waals surface area contributed by atoms with E-state index >= 15 is 0 Å². The Morgan fingerprint density at radius 2 is 2.22 bits per heavy atom. The molecule has 3 heteroatoms. The Labute approximate surface area is 108 Å². The highest BCUT2D eigenvalue weighted by Crippen LogP contribution is 2.21. The molecule has 1 atom stereocenters. The van der Waals surface area contributed by atoms with Crippen LogP contribution in [0.5, 0.6) is 0 Å². The Bertz CT molecular complexity index is 450. The molecule has 0 spiro atoms. The second kappa shape index (κ2) is 5.97. The van der Waals surface area contributed by atoms with Crippen LogP contribution in [0.4, 0.5) is 4.39 Å². The standard InChI is InChI=1S/C15H19FN2/c1-12-6-3-2-4-9-18(12)11-14-8-5-7-13(10-17)15(14)16/h5,7-8,12H,2-4,6,9,11H2,1H3. The highest BCUT2D eigenvalue weighted by molar-refractivity contribution is 5.34. The first-order valence-electron chi connectivity index (χ1n) is 6.64. The number of likely N-dealkylation sites (tertiary alicyclic amines) is 1. The first-order chi connectivity index (χ1) is 8.72. The highest BCUT2D eigenvalue weighted by Gasteiger charge is 2.18. The van der Waals surface area contributed by atoms with Gasteiger partial charge in [0.05, 0.1) is 5.56 Å². The first-order valence-corrected chi connectivity index (χ1v) is 6.64. The normalized spacial score (nSPS) is 21.3. The lowest BCUT2D eigenvalue weighted by atomic mass is 10.1. The van der Waals surface area contributed by atoms with Crippen molar-refractivity contribution >= 4 is 0 Å². The molecule has 18 heavy (non-hydrogen) atoms. The Morgan fingerprint density at radius 3 is 3.00 bits per heavy atom. The molecule has 1 aliphatic heterocycles. The molecule has 96 valence electrons. The number of nitrogens with zero attached hydrogens (tertiary/aromatic N) is 2. The van der Waals surface area contributed by atoms with E-state index in [0.717, 1.165) is 6.54 Å². The van der Waals surface area contributed by atoms with Gasteiger partial charge < -0.3 is 0 Å². The molecule has 0 aromatic heterocycles. The van der Waals surface area contributed by atoms with Crippen LogP contribution in [-0.4, -0.2) is 17.5 Å². The number of benzene rings is 1. The zero-order valence-electron chi connectivity index (χ0n) is 10.8. The fourth-order valence-electron chi connectivity index (χ4n) is 2.58. The van der Waals surface area contributed by atoms with E-state index in [9.17, 15) is 4.39 Å². The van der Waals surface area contributed by atoms with Crippen molar-refractivity contribution in [3.63, 3.8) is 0 Å². The van der Waals surface area contributed by atoms with Gasteiger partial charge in [0, 0.05) is 18.2 Å². The molecular formula is C15H19FN2. The van der Waals surface area contributed by atoms with Crippen LogP contribution in [0.25, 0.3) is 0 Å². The van der Waals surface area contributed by atoms with Crippen LogP contribution in [0.15, 0.2) is 18.2 Å². The number of halogens is 1. The van der Waals surface area contributed by atoms with Crippen LogP contribution in [0.1, 0.15) is 43.7 Å². The summed E-state index contributed by atoms with van der Waals surface area (Å²) in [4.78, 5) is 2.33. The second-order valence-electron chi connectivity index (χ2n) is 5.06. The van der Waals surface area contributed by atoms with Crippen LogP contribution >= 0.6 is 0 Å². The molecule has 1 unspecified atom stereocenters. The van der Waals surface area contributed by atoms with E-state index in [0.29, 0.717) is 18.2 Å². The predicted molar refractivity (Wildman–Crippen MR) is 69.5 cm³/mol. The minimum atomic E-state index is -0.351. The average Bonchev–Trinajstić information content (AvgIpc) is 2.57. The third-order valence-corrected chi connectivity index (χ3v) is 3.76. The van der Waals surface area contributed by atoms with Gasteiger partial charge in [-0.25, -0.2) is 4.39 Å². The van der Waals surface area contributed by atoms with E-state index in [1.165, 1.54) is 31.7 Å². The fourth-order valence-corrected chi connectivity index (χ4v) is 2.58. The summed E-state index contributed by atoms with van der Waals surface area (Å²) in [6, 6.07) is 7.48. The third-order valence-electron chi connectivity index (χ3n) is 3.76. The summed E-state index contributed by atoms with van der Waals surface area (Å²) in [5, 5.41) is 8.84. The summed E-state index contributed by atoms with van der Waals surface area (Å²) in [5.41, 5.74) is 0.790. The van der Waals surface area contributed by atoms with E-state index in [1.54, 1.807) is 12.1 Å². The van der Waals surface area contributed by atoms with E-state index in [-0.39, 0.29) is 11.4 Å². The molecule has 1 aromatic rings. The van der Waals surface area contributed by atoms with Crippen molar-refractivity contribution in [1.82, 2.24) is 4.90 Å². The van der Waals surface area contributed by atoms with E-state index < -0.39 is 0 Å². The number of hydrogen-bond donors (Lipinski definition) is 0. The third kappa shape index (κ3) is 2.88. The summed E-state index contributed by atoms with van der Waals surface area (Å²) in [6.07, 6.45) is 4.89. The maximum absolute atomic E-state index is 14.0. The van der Waals surface area contributed by atoms with Gasteiger partial charge in [0.15, 0.2) is 0 Å². The Hall–Kier alpha value is -1.40. The van der Waals surface area contributed by atoms with Gasteiger partial charge >= 0.3 is 0 Å². The van der Waals surface area contributed by atoms with Crippen molar-refractivity contribution in [3.8, 4) is 6.07 Å². The van der Waals surface area contributed by atoms with Crippen LogP contribution < -0.4 is 0 Å². The molecule has 1 aromatic carbocycles. The molecule has 1 fully saturated rings. The zero-order valence-corrected chi connectivity index (χ0v) is 10.8. The quantitative estimate of drug-likeness (QED) is 0.799. The van der Waals surface area contributed by atoms with Crippen molar-refractivity contribution in [2.45, 2.75) is 45.2 Å². The summed E-state index contributed by atoms with van der Waals surface area (Å²) >= 11 is 0. The van der Waals surface area contributed by atoms with Gasteiger partial charge in [-0.05, 0) is 32.4 Å². The fraction of sp³-hybridized carbons (Fsp3) is 0.533. The molecule has 2 rings (SSSR count). The molecule has 0 amide bonds. The highest BCUT2D eigenvalue weighted by atomic mass is 19.1. The molecule has 0 radical (unpaired) electrons. The molecule has 0 aliphatic carbocycles.